The number of aromatic nitrogens is 2. The third kappa shape index (κ3) is 3.83. The van der Waals surface area contributed by atoms with E-state index in [1.165, 1.54) is 12.4 Å². The number of carbonyl (C=O) groups excluding carboxylic acids is 1. The summed E-state index contributed by atoms with van der Waals surface area (Å²) in [6.07, 6.45) is -0.116. The van der Waals surface area contributed by atoms with E-state index in [-0.39, 0.29) is 10.8 Å². The van der Waals surface area contributed by atoms with Gasteiger partial charge in [-0.3, -0.25) is 4.79 Å². The molecule has 134 valence electrons. The molecule has 0 fully saturated rings. The van der Waals surface area contributed by atoms with Crippen LogP contribution in [0.1, 0.15) is 0 Å². The van der Waals surface area contributed by atoms with Crippen molar-refractivity contribution in [2.75, 3.05) is 17.2 Å². The topological polar surface area (TPSA) is 128 Å². The van der Waals surface area contributed by atoms with Crippen molar-refractivity contribution in [2.45, 2.75) is 6.10 Å². The smallest absolute Gasteiger partial charge is 0.255 e. The lowest BCUT2D eigenvalue weighted by Crippen LogP contribution is -2.30. The van der Waals surface area contributed by atoms with Crippen LogP contribution in [0.5, 0.6) is 5.75 Å². The minimum Gasteiger partial charge on any atom is -0.506 e. The molecular formula is C17H15ClN4O4. The zero-order chi connectivity index (χ0) is 18.7. The molecule has 1 aromatic heterocycles. The molecule has 0 saturated heterocycles. The quantitative estimate of drug-likeness (QED) is 0.432. The van der Waals surface area contributed by atoms with Crippen LogP contribution in [-0.4, -0.2) is 43.9 Å². The number of aromatic hydroxyl groups is 1. The number of nitrogens with zero attached hydrogens (tertiary/aromatic N) is 2. The summed E-state index contributed by atoms with van der Waals surface area (Å²) in [7, 11) is 0. The van der Waals surface area contributed by atoms with E-state index in [0.717, 1.165) is 0 Å². The summed E-state index contributed by atoms with van der Waals surface area (Å²) in [5, 5.41) is 34.1. The van der Waals surface area contributed by atoms with Crippen molar-refractivity contribution < 1.29 is 20.1 Å². The number of halogens is 1. The molecule has 5 N–H and O–H groups in total. The van der Waals surface area contributed by atoms with Crippen LogP contribution in [0.3, 0.4) is 0 Å². The molecule has 0 saturated carbocycles. The van der Waals surface area contributed by atoms with Gasteiger partial charge in [-0.15, -0.1) is 0 Å². The van der Waals surface area contributed by atoms with Gasteiger partial charge in [-0.1, -0.05) is 11.6 Å². The second kappa shape index (κ2) is 7.52. The van der Waals surface area contributed by atoms with E-state index < -0.39 is 18.6 Å². The first-order chi connectivity index (χ1) is 12.5. The summed E-state index contributed by atoms with van der Waals surface area (Å²) in [5.74, 6) is -0.281. The van der Waals surface area contributed by atoms with Gasteiger partial charge in [-0.2, -0.15) is 0 Å². The SMILES string of the molecule is O=C(Nc1ccc2ncnc(Nc3ccc(O)c(Cl)c3)c2c1)C(O)CO. The molecule has 2 aromatic carbocycles. The number of benzene rings is 2. The third-order valence-electron chi connectivity index (χ3n) is 3.59. The highest BCUT2D eigenvalue weighted by atomic mass is 35.5. The minimum absolute atomic E-state index is 0.0304. The Kier molecular flexibility index (Phi) is 5.17. The number of phenolic OH excluding ortho intramolecular Hbond substituents is 1. The van der Waals surface area contributed by atoms with Gasteiger partial charge < -0.3 is 26.0 Å². The summed E-state index contributed by atoms with van der Waals surface area (Å²) in [6, 6.07) is 9.59. The fraction of sp³-hybridized carbons (Fsp3) is 0.118. The van der Waals surface area contributed by atoms with Gasteiger partial charge >= 0.3 is 0 Å². The lowest BCUT2D eigenvalue weighted by molar-refractivity contribution is -0.125. The number of hydrogen-bond acceptors (Lipinski definition) is 7. The first kappa shape index (κ1) is 17.9. The van der Waals surface area contributed by atoms with E-state index in [4.69, 9.17) is 16.7 Å². The van der Waals surface area contributed by atoms with Gasteiger partial charge in [-0.25, -0.2) is 9.97 Å². The molecule has 0 radical (unpaired) electrons. The van der Waals surface area contributed by atoms with Crippen molar-refractivity contribution in [2.24, 2.45) is 0 Å². The van der Waals surface area contributed by atoms with Gasteiger partial charge in [0.2, 0.25) is 0 Å². The molecule has 3 rings (SSSR count). The Balaban J connectivity index is 1.93. The Morgan fingerprint density at radius 2 is 1.92 bits per heavy atom. The largest absolute Gasteiger partial charge is 0.506 e. The van der Waals surface area contributed by atoms with E-state index in [9.17, 15) is 15.0 Å². The molecule has 0 aliphatic heterocycles. The number of fused-ring (bicyclic) bond motifs is 1. The summed E-state index contributed by atoms with van der Waals surface area (Å²) >= 11 is 5.91. The Morgan fingerprint density at radius 1 is 1.15 bits per heavy atom. The Morgan fingerprint density at radius 3 is 2.65 bits per heavy atom. The van der Waals surface area contributed by atoms with Gasteiger partial charge in [0.1, 0.15) is 17.9 Å². The monoisotopic (exact) mass is 374 g/mol. The maximum atomic E-state index is 11.7. The van der Waals surface area contributed by atoms with Crippen LogP contribution in [0.25, 0.3) is 10.9 Å². The van der Waals surface area contributed by atoms with Crippen LogP contribution in [0.4, 0.5) is 17.2 Å². The third-order valence-corrected chi connectivity index (χ3v) is 3.89. The highest BCUT2D eigenvalue weighted by molar-refractivity contribution is 6.32. The zero-order valence-corrected chi connectivity index (χ0v) is 14.1. The number of carbonyl (C=O) groups is 1. The number of anilines is 3. The Labute approximate surface area is 153 Å². The number of amides is 1. The summed E-state index contributed by atoms with van der Waals surface area (Å²) < 4.78 is 0. The van der Waals surface area contributed by atoms with Crippen molar-refractivity contribution >= 4 is 45.6 Å². The fourth-order valence-corrected chi connectivity index (χ4v) is 2.44. The first-order valence-corrected chi connectivity index (χ1v) is 7.96. The Bertz CT molecular complexity index is 967. The number of hydrogen-bond donors (Lipinski definition) is 5. The van der Waals surface area contributed by atoms with Crippen LogP contribution >= 0.6 is 11.6 Å². The average molecular weight is 375 g/mol. The van der Waals surface area contributed by atoms with Gasteiger partial charge in [-0.05, 0) is 36.4 Å². The molecular weight excluding hydrogens is 360 g/mol. The van der Waals surface area contributed by atoms with Gasteiger partial charge in [0, 0.05) is 16.8 Å². The normalized spacial score (nSPS) is 12.0. The second-order valence-electron chi connectivity index (χ2n) is 5.43. The molecule has 0 spiro atoms. The predicted octanol–water partition coefficient (Wildman–Crippen LogP) is 2.02. The summed E-state index contributed by atoms with van der Waals surface area (Å²) in [5.41, 5.74) is 1.66. The number of aliphatic hydroxyl groups excluding tert-OH is 2. The van der Waals surface area contributed by atoms with Gasteiger partial charge in [0.05, 0.1) is 17.1 Å². The van der Waals surface area contributed by atoms with Crippen molar-refractivity contribution in [1.29, 1.82) is 0 Å². The van der Waals surface area contributed by atoms with E-state index in [1.807, 2.05) is 0 Å². The summed E-state index contributed by atoms with van der Waals surface area (Å²) in [4.78, 5) is 20.1. The van der Waals surface area contributed by atoms with Crippen LogP contribution in [0.15, 0.2) is 42.7 Å². The summed E-state index contributed by atoms with van der Waals surface area (Å²) in [6.45, 7) is -0.670. The molecule has 1 unspecified atom stereocenters. The fourth-order valence-electron chi connectivity index (χ4n) is 2.26. The van der Waals surface area contributed by atoms with Gasteiger partial charge in [0.15, 0.2) is 6.10 Å². The van der Waals surface area contributed by atoms with Crippen molar-refractivity contribution in [3.63, 3.8) is 0 Å². The average Bonchev–Trinajstić information content (AvgIpc) is 2.64. The first-order valence-electron chi connectivity index (χ1n) is 7.58. The predicted molar refractivity (Wildman–Crippen MR) is 97.7 cm³/mol. The van der Waals surface area contributed by atoms with E-state index >= 15 is 0 Å². The molecule has 8 nitrogen and oxygen atoms in total. The van der Waals surface area contributed by atoms with E-state index in [2.05, 4.69) is 20.6 Å². The van der Waals surface area contributed by atoms with Crippen LogP contribution in [-0.2, 0) is 4.79 Å². The minimum atomic E-state index is -1.51. The number of aliphatic hydroxyl groups is 2. The highest BCUT2D eigenvalue weighted by Gasteiger charge is 2.14. The maximum Gasteiger partial charge on any atom is 0.255 e. The van der Waals surface area contributed by atoms with Crippen LogP contribution < -0.4 is 10.6 Å². The van der Waals surface area contributed by atoms with Gasteiger partial charge in [0.25, 0.3) is 5.91 Å². The van der Waals surface area contributed by atoms with E-state index in [1.54, 1.807) is 30.3 Å². The van der Waals surface area contributed by atoms with Crippen molar-refractivity contribution in [1.82, 2.24) is 9.97 Å². The molecule has 3 aromatic rings. The number of rotatable bonds is 5. The Hall–Kier alpha value is -2.94. The molecule has 0 bridgehead atoms. The number of nitrogens with one attached hydrogen (secondary N) is 2. The maximum absolute atomic E-state index is 11.7. The lowest BCUT2D eigenvalue weighted by Gasteiger charge is -2.12. The molecule has 1 heterocycles. The lowest BCUT2D eigenvalue weighted by atomic mass is 10.2. The van der Waals surface area contributed by atoms with Crippen molar-refractivity contribution in [3.8, 4) is 5.75 Å². The molecule has 26 heavy (non-hydrogen) atoms. The molecule has 1 amide bonds. The standard InChI is InChI=1S/C17H15ClN4O4/c18-12-6-10(2-4-14(12)24)21-16-11-5-9(22-17(26)15(25)7-23)1-3-13(11)19-8-20-16/h1-6,8,15,23-25H,7H2,(H,22,26)(H,19,20,21). The molecule has 1 atom stereocenters. The zero-order valence-electron chi connectivity index (χ0n) is 13.3. The highest BCUT2D eigenvalue weighted by Crippen LogP contribution is 2.30. The second-order valence-corrected chi connectivity index (χ2v) is 5.84. The van der Waals surface area contributed by atoms with Crippen LogP contribution in [0.2, 0.25) is 5.02 Å². The van der Waals surface area contributed by atoms with Crippen LogP contribution in [0, 0.1) is 0 Å². The molecule has 9 heteroatoms. The van der Waals surface area contributed by atoms with E-state index in [0.29, 0.717) is 28.1 Å². The molecule has 0 aliphatic carbocycles. The number of phenols is 1. The molecule has 0 aliphatic rings. The van der Waals surface area contributed by atoms with Crippen molar-refractivity contribution in [3.05, 3.63) is 47.7 Å².